The first-order chi connectivity index (χ1) is 32.7. The van der Waals surface area contributed by atoms with Crippen LogP contribution in [0.4, 0.5) is 45.5 Å². The van der Waals surface area contributed by atoms with E-state index in [1.807, 2.05) is 0 Å². The van der Waals surface area contributed by atoms with Gasteiger partial charge >= 0.3 is 6.85 Å². The summed E-state index contributed by atoms with van der Waals surface area (Å²) in [6, 6.07) is 85.7. The van der Waals surface area contributed by atoms with Gasteiger partial charge in [-0.05, 0) is 136 Å². The maximum absolute atomic E-state index is 6.89. The monoisotopic (exact) mass is 843 g/mol. The van der Waals surface area contributed by atoms with Gasteiger partial charge in [0.2, 0.25) is 0 Å². The van der Waals surface area contributed by atoms with Gasteiger partial charge in [0, 0.05) is 50.8 Å². The maximum Gasteiger partial charge on any atom is 0.333 e. The van der Waals surface area contributed by atoms with Gasteiger partial charge in [0.25, 0.3) is 0 Å². The van der Waals surface area contributed by atoms with Crippen molar-refractivity contribution in [2.75, 3.05) is 14.6 Å². The molecule has 0 N–H and O–H groups in total. The molecule has 1 aromatic heterocycles. The van der Waals surface area contributed by atoms with E-state index in [1.165, 1.54) is 49.9 Å². The predicted molar refractivity (Wildman–Crippen MR) is 278 cm³/mol. The Morgan fingerprint density at radius 3 is 1.74 bits per heavy atom. The summed E-state index contributed by atoms with van der Waals surface area (Å²) in [6.07, 6.45) is 0. The third-order valence-corrected chi connectivity index (χ3v) is 13.5. The maximum atomic E-state index is 6.89. The molecule has 0 unspecified atom stereocenters. The number of para-hydroxylation sites is 4. The van der Waals surface area contributed by atoms with E-state index < -0.39 is 0 Å². The van der Waals surface area contributed by atoms with E-state index in [0.29, 0.717) is 0 Å². The van der Waals surface area contributed by atoms with E-state index in [2.05, 4.69) is 258 Å². The van der Waals surface area contributed by atoms with Crippen LogP contribution in [0.25, 0.3) is 55.3 Å². The van der Waals surface area contributed by atoms with Gasteiger partial charge in [0.1, 0.15) is 11.2 Å². The molecule has 0 saturated carbocycles. The summed E-state index contributed by atoms with van der Waals surface area (Å²) >= 11 is 0. The molecule has 0 radical (unpaired) electrons. The van der Waals surface area contributed by atoms with Crippen LogP contribution in [0.15, 0.2) is 241 Å². The lowest BCUT2D eigenvalue weighted by Crippen LogP contribution is -2.61. The van der Waals surface area contributed by atoms with Gasteiger partial charge in [0.15, 0.2) is 0 Å². The lowest BCUT2D eigenvalue weighted by atomic mass is 9.43. The quantitative estimate of drug-likeness (QED) is 0.149. The van der Waals surface area contributed by atoms with Crippen molar-refractivity contribution in [1.29, 1.82) is 0 Å². The van der Waals surface area contributed by atoms with Crippen molar-refractivity contribution in [2.45, 2.75) is 6.92 Å². The van der Waals surface area contributed by atoms with E-state index in [9.17, 15) is 0 Å². The van der Waals surface area contributed by atoms with Gasteiger partial charge in [-0.15, -0.1) is 0 Å². The molecule has 0 spiro atoms. The predicted octanol–water partition coefficient (Wildman–Crippen LogP) is 15.4. The molecule has 0 amide bonds. The van der Waals surface area contributed by atoms with Crippen LogP contribution in [0.5, 0.6) is 0 Å². The highest BCUT2D eigenvalue weighted by Gasteiger charge is 2.47. The number of furan rings is 1. The minimum absolute atomic E-state index is 0.225. The van der Waals surface area contributed by atoms with Crippen LogP contribution in [0.3, 0.4) is 0 Å². The fourth-order valence-electron chi connectivity index (χ4n) is 10.6. The third kappa shape index (κ3) is 6.01. The largest absolute Gasteiger partial charge is 0.456 e. The van der Waals surface area contributed by atoms with Crippen LogP contribution < -0.4 is 25.5 Å². The fourth-order valence-corrected chi connectivity index (χ4v) is 10.6. The zero-order valence-corrected chi connectivity index (χ0v) is 36.3. The second-order valence-electron chi connectivity index (χ2n) is 17.3. The highest BCUT2D eigenvalue weighted by atomic mass is 16.3. The molecule has 0 aliphatic carbocycles. The molecule has 0 bridgehead atoms. The van der Waals surface area contributed by atoms with Crippen molar-refractivity contribution >= 4 is 85.2 Å². The number of aryl methyl sites for hydroxylation is 1. The van der Waals surface area contributed by atoms with Crippen LogP contribution in [0, 0.1) is 6.92 Å². The molecule has 2 aliphatic rings. The highest BCUT2D eigenvalue weighted by Crippen LogP contribution is 2.52. The molecule has 5 heteroatoms. The first-order valence-corrected chi connectivity index (χ1v) is 22.7. The zero-order chi connectivity index (χ0) is 43.7. The number of benzene rings is 10. The molecule has 66 heavy (non-hydrogen) atoms. The minimum atomic E-state index is -0.225. The molecule has 10 aromatic carbocycles. The van der Waals surface area contributed by atoms with Crippen molar-refractivity contribution in [3.63, 3.8) is 0 Å². The molecule has 0 saturated heterocycles. The van der Waals surface area contributed by atoms with Crippen molar-refractivity contribution in [3.8, 4) is 33.4 Å². The number of rotatable bonds is 7. The van der Waals surface area contributed by atoms with Gasteiger partial charge in [0.05, 0.1) is 11.1 Å². The molecule has 3 heterocycles. The molecule has 2 aliphatic heterocycles. The number of hydrogen-bond donors (Lipinski definition) is 0. The Hall–Kier alpha value is -8.54. The minimum Gasteiger partial charge on any atom is -0.456 e. The molecule has 13 rings (SSSR count). The summed E-state index contributed by atoms with van der Waals surface area (Å²) < 4.78 is 6.89. The summed E-state index contributed by atoms with van der Waals surface area (Å²) in [5.41, 5.74) is 21.4. The van der Waals surface area contributed by atoms with E-state index >= 15 is 0 Å². The van der Waals surface area contributed by atoms with Gasteiger partial charge < -0.3 is 19.0 Å². The Balaban J connectivity index is 1.15. The Morgan fingerprint density at radius 1 is 0.424 bits per heavy atom. The van der Waals surface area contributed by atoms with Crippen molar-refractivity contribution in [3.05, 3.63) is 242 Å². The second kappa shape index (κ2) is 15.3. The normalized spacial score (nSPS) is 12.5. The number of fused-ring (bicyclic) bond motifs is 8. The topological polar surface area (TPSA) is 22.9 Å². The van der Waals surface area contributed by atoms with Crippen LogP contribution >= 0.6 is 0 Å². The number of anilines is 8. The standard InChI is InChI=1S/C61H42BN3O/c1-41-37-45(43-21-8-3-9-22-43)33-35-54(41)64-56-36-34-48(63(46-24-10-4-11-25-46)47-26-12-5-13-27-47)39-53(56)62-60-52(40-58-59(61(60)64)51-30-15-17-32-57(51)66-58)50-29-14-16-31-55(50)65(62)49-28-18-23-44(38-49)42-19-6-2-7-20-42/h2-40H,1H3. The Labute approximate surface area is 385 Å². The van der Waals surface area contributed by atoms with E-state index in [1.54, 1.807) is 0 Å². The number of hydrogen-bond acceptors (Lipinski definition) is 4. The summed E-state index contributed by atoms with van der Waals surface area (Å²) in [5, 5.41) is 2.21. The molecule has 4 nitrogen and oxygen atoms in total. The average molecular weight is 844 g/mol. The van der Waals surface area contributed by atoms with Crippen LogP contribution in [-0.4, -0.2) is 6.85 Å². The van der Waals surface area contributed by atoms with Gasteiger partial charge in [-0.3, -0.25) is 0 Å². The zero-order valence-electron chi connectivity index (χ0n) is 36.3. The Morgan fingerprint density at radius 2 is 1.03 bits per heavy atom. The van der Waals surface area contributed by atoms with Gasteiger partial charge in [-0.25, -0.2) is 0 Å². The van der Waals surface area contributed by atoms with Crippen molar-refractivity contribution < 1.29 is 4.42 Å². The van der Waals surface area contributed by atoms with Gasteiger partial charge in [-0.1, -0.05) is 152 Å². The fraction of sp³-hybridized carbons (Fsp3) is 0.0164. The smallest absolute Gasteiger partial charge is 0.333 e. The van der Waals surface area contributed by atoms with Crippen LogP contribution in [-0.2, 0) is 0 Å². The summed E-state index contributed by atoms with van der Waals surface area (Å²) in [6.45, 7) is 2.03. The lowest BCUT2D eigenvalue weighted by molar-refractivity contribution is 0.669. The molecule has 0 fully saturated rings. The van der Waals surface area contributed by atoms with Crippen molar-refractivity contribution in [2.24, 2.45) is 0 Å². The van der Waals surface area contributed by atoms with Crippen LogP contribution in [0.1, 0.15) is 5.56 Å². The molecular weight excluding hydrogens is 802 g/mol. The molecule has 0 atom stereocenters. The first kappa shape index (κ1) is 38.0. The Bertz CT molecular complexity index is 3590. The van der Waals surface area contributed by atoms with Crippen molar-refractivity contribution in [1.82, 2.24) is 0 Å². The van der Waals surface area contributed by atoms with E-state index in [0.717, 1.165) is 67.4 Å². The summed E-state index contributed by atoms with van der Waals surface area (Å²) in [4.78, 5) is 7.53. The van der Waals surface area contributed by atoms with E-state index in [-0.39, 0.29) is 6.85 Å². The lowest BCUT2D eigenvalue weighted by Gasteiger charge is -2.46. The third-order valence-electron chi connectivity index (χ3n) is 13.5. The summed E-state index contributed by atoms with van der Waals surface area (Å²) in [5.74, 6) is 0. The molecule has 310 valence electrons. The second-order valence-corrected chi connectivity index (χ2v) is 17.3. The Kier molecular flexibility index (Phi) is 8.82. The highest BCUT2D eigenvalue weighted by molar-refractivity contribution is 6.94. The van der Waals surface area contributed by atoms with Crippen LogP contribution in [0.2, 0.25) is 0 Å². The SMILES string of the molecule is Cc1cc(-c2ccccc2)ccc1N1c2ccc(N(c3ccccc3)c3ccccc3)cc2B2c3c(cc4oc5ccccc5c4c31)-c1ccccc1N2c1cccc(-c2ccccc2)c1. The number of nitrogens with zero attached hydrogens (tertiary/aromatic N) is 3. The molecular formula is C61H42BN3O. The summed E-state index contributed by atoms with van der Waals surface area (Å²) in [7, 11) is 0. The average Bonchev–Trinajstić information content (AvgIpc) is 3.76. The first-order valence-electron chi connectivity index (χ1n) is 22.7. The van der Waals surface area contributed by atoms with Gasteiger partial charge in [-0.2, -0.15) is 0 Å². The molecule has 11 aromatic rings. The van der Waals surface area contributed by atoms with E-state index in [4.69, 9.17) is 4.42 Å².